The second kappa shape index (κ2) is 5.66. The molecule has 0 spiro atoms. The van der Waals surface area contributed by atoms with Gasteiger partial charge in [-0.25, -0.2) is 0 Å². The van der Waals surface area contributed by atoms with Crippen LogP contribution in [-0.4, -0.2) is 5.78 Å². The Balaban J connectivity index is 3.41. The molecule has 0 aliphatic heterocycles. The Labute approximate surface area is 121 Å². The normalized spacial score (nSPS) is 12.5. The van der Waals surface area contributed by atoms with Crippen LogP contribution in [0.2, 0.25) is 0 Å². The number of ketones is 1. The molecule has 0 saturated heterocycles. The van der Waals surface area contributed by atoms with Gasteiger partial charge >= 0.3 is 0 Å². The van der Waals surface area contributed by atoms with Gasteiger partial charge in [-0.15, -0.1) is 11.3 Å². The lowest BCUT2D eigenvalue weighted by atomic mass is 9.83. The van der Waals surface area contributed by atoms with Crippen molar-refractivity contribution in [1.82, 2.24) is 0 Å². The van der Waals surface area contributed by atoms with Crippen LogP contribution in [0, 0.1) is 11.3 Å². The third-order valence-electron chi connectivity index (χ3n) is 3.11. The molecule has 0 amide bonds. The van der Waals surface area contributed by atoms with Crippen molar-refractivity contribution in [3.05, 3.63) is 16.0 Å². The maximum Gasteiger partial charge on any atom is 0.171 e. The van der Waals surface area contributed by atoms with Crippen LogP contribution >= 0.6 is 11.3 Å². The molecule has 1 rings (SSSR count). The van der Waals surface area contributed by atoms with Crippen molar-refractivity contribution >= 4 is 22.1 Å². The molecular formula is C16H27NOS. The van der Waals surface area contributed by atoms with Crippen molar-refractivity contribution in [3.63, 3.8) is 0 Å². The first-order valence-corrected chi connectivity index (χ1v) is 7.83. The van der Waals surface area contributed by atoms with Crippen molar-refractivity contribution in [2.75, 3.05) is 5.73 Å². The average Bonchev–Trinajstić information content (AvgIpc) is 2.52. The number of nitrogens with two attached hydrogens (primary N) is 1. The first-order valence-electron chi connectivity index (χ1n) is 7.01. The van der Waals surface area contributed by atoms with Crippen LogP contribution in [0.15, 0.2) is 0 Å². The predicted molar refractivity (Wildman–Crippen MR) is 85.1 cm³/mol. The highest BCUT2D eigenvalue weighted by Crippen LogP contribution is 2.40. The number of nitrogen functional groups attached to an aromatic ring is 1. The Kier molecular flexibility index (Phi) is 4.83. The van der Waals surface area contributed by atoms with Gasteiger partial charge < -0.3 is 5.73 Å². The smallest absolute Gasteiger partial charge is 0.171 e. The maximum atomic E-state index is 12.7. The summed E-state index contributed by atoms with van der Waals surface area (Å²) in [5.41, 5.74) is 7.75. The van der Waals surface area contributed by atoms with Crippen LogP contribution in [0.5, 0.6) is 0 Å². The molecule has 0 radical (unpaired) electrons. The molecule has 19 heavy (non-hydrogen) atoms. The molecule has 1 aromatic heterocycles. The van der Waals surface area contributed by atoms with E-state index in [1.54, 1.807) is 11.3 Å². The van der Waals surface area contributed by atoms with E-state index in [2.05, 4.69) is 27.7 Å². The molecule has 0 unspecified atom stereocenters. The van der Waals surface area contributed by atoms with E-state index in [1.165, 1.54) is 10.4 Å². The molecule has 2 N–H and O–H groups in total. The minimum atomic E-state index is -0.380. The van der Waals surface area contributed by atoms with Crippen molar-refractivity contribution in [3.8, 4) is 0 Å². The fraction of sp³-hybridized carbons (Fsp3) is 0.688. The fourth-order valence-corrected chi connectivity index (χ4v) is 3.30. The van der Waals surface area contributed by atoms with Gasteiger partial charge in [0.1, 0.15) is 0 Å². The highest BCUT2D eigenvalue weighted by molar-refractivity contribution is 7.16. The monoisotopic (exact) mass is 281 g/mol. The average molecular weight is 281 g/mol. The Hall–Kier alpha value is -0.830. The zero-order chi connectivity index (χ0) is 15.0. The van der Waals surface area contributed by atoms with Gasteiger partial charge in [0.15, 0.2) is 5.78 Å². The quantitative estimate of drug-likeness (QED) is 0.799. The van der Waals surface area contributed by atoms with Crippen molar-refractivity contribution in [1.29, 1.82) is 0 Å². The van der Waals surface area contributed by atoms with E-state index < -0.39 is 0 Å². The van der Waals surface area contributed by atoms with Gasteiger partial charge in [0.25, 0.3) is 0 Å². The summed E-state index contributed by atoms with van der Waals surface area (Å²) in [6.07, 6.45) is 0.929. The maximum absolute atomic E-state index is 12.7. The molecule has 1 heterocycles. The molecule has 0 atom stereocenters. The number of hydrogen-bond donors (Lipinski definition) is 1. The molecule has 0 aromatic carbocycles. The van der Waals surface area contributed by atoms with Gasteiger partial charge in [0.2, 0.25) is 0 Å². The summed E-state index contributed by atoms with van der Waals surface area (Å²) in [6, 6.07) is 0. The van der Waals surface area contributed by atoms with Crippen LogP contribution in [0.1, 0.15) is 75.2 Å². The van der Waals surface area contributed by atoms with E-state index in [9.17, 15) is 4.79 Å². The molecule has 108 valence electrons. The highest BCUT2D eigenvalue weighted by Gasteiger charge is 2.30. The molecule has 1 aromatic rings. The van der Waals surface area contributed by atoms with E-state index in [4.69, 9.17) is 5.73 Å². The second-order valence-electron chi connectivity index (χ2n) is 7.02. The van der Waals surface area contributed by atoms with Gasteiger partial charge in [-0.3, -0.25) is 4.79 Å². The van der Waals surface area contributed by atoms with E-state index in [0.717, 1.165) is 12.0 Å². The van der Waals surface area contributed by atoms with Crippen LogP contribution < -0.4 is 5.73 Å². The van der Waals surface area contributed by atoms with E-state index >= 15 is 0 Å². The lowest BCUT2D eigenvalue weighted by Gasteiger charge is -2.19. The van der Waals surface area contributed by atoms with Crippen LogP contribution in [0.4, 0.5) is 5.00 Å². The zero-order valence-electron chi connectivity index (χ0n) is 13.3. The first kappa shape index (κ1) is 16.2. The van der Waals surface area contributed by atoms with E-state index in [-0.39, 0.29) is 11.2 Å². The Morgan fingerprint density at radius 1 is 1.21 bits per heavy atom. The summed E-state index contributed by atoms with van der Waals surface area (Å²) in [5.74, 6) is 1.12. The number of rotatable bonds is 4. The summed E-state index contributed by atoms with van der Waals surface area (Å²) in [6.45, 7) is 14.6. The molecule has 0 fully saturated rings. The number of anilines is 1. The summed E-state index contributed by atoms with van der Waals surface area (Å²) < 4.78 is 0. The predicted octanol–water partition coefficient (Wildman–Crippen LogP) is 4.88. The van der Waals surface area contributed by atoms with Crippen LogP contribution in [-0.2, 0) is 6.42 Å². The largest absolute Gasteiger partial charge is 0.390 e. The van der Waals surface area contributed by atoms with Gasteiger partial charge in [0, 0.05) is 10.3 Å². The number of carbonyl (C=O) groups is 1. The topological polar surface area (TPSA) is 43.1 Å². The molecule has 0 aliphatic rings. The highest BCUT2D eigenvalue weighted by atomic mass is 32.1. The Bertz CT molecular complexity index is 464. The molecule has 0 aliphatic carbocycles. The van der Waals surface area contributed by atoms with Crippen molar-refractivity contribution in [2.45, 2.75) is 60.8 Å². The Morgan fingerprint density at radius 2 is 1.74 bits per heavy atom. The number of Topliss-reactive ketones (excluding diaryl/α,β-unsaturated/α-hetero) is 1. The summed E-state index contributed by atoms with van der Waals surface area (Å²) in [5, 5.41) is 0.694. The van der Waals surface area contributed by atoms with Gasteiger partial charge in [-0.05, 0) is 23.8 Å². The molecule has 3 heteroatoms. The molecular weight excluding hydrogens is 254 g/mol. The zero-order valence-corrected chi connectivity index (χ0v) is 14.1. The lowest BCUT2D eigenvalue weighted by molar-refractivity contribution is 0.0858. The summed E-state index contributed by atoms with van der Waals surface area (Å²) >= 11 is 1.59. The number of carbonyl (C=O) groups excluding carboxylic acids is 1. The minimum Gasteiger partial charge on any atom is -0.390 e. The molecule has 2 nitrogen and oxygen atoms in total. The third kappa shape index (κ3) is 3.59. The molecule has 0 saturated carbocycles. The lowest BCUT2D eigenvalue weighted by Crippen LogP contribution is -2.22. The van der Waals surface area contributed by atoms with Crippen molar-refractivity contribution < 1.29 is 4.79 Å². The van der Waals surface area contributed by atoms with E-state index in [0.29, 0.717) is 16.8 Å². The van der Waals surface area contributed by atoms with Crippen LogP contribution in [0.3, 0.4) is 0 Å². The van der Waals surface area contributed by atoms with E-state index in [1.807, 2.05) is 20.8 Å². The molecule has 0 bridgehead atoms. The number of hydrogen-bond acceptors (Lipinski definition) is 3. The first-order chi connectivity index (χ1) is 8.55. The summed E-state index contributed by atoms with van der Waals surface area (Å²) in [7, 11) is 0. The minimum absolute atomic E-state index is 0.170. The number of thiophene rings is 1. The summed E-state index contributed by atoms with van der Waals surface area (Å²) in [4.78, 5) is 13.9. The van der Waals surface area contributed by atoms with Gasteiger partial charge in [-0.1, -0.05) is 48.5 Å². The van der Waals surface area contributed by atoms with Gasteiger partial charge in [-0.2, -0.15) is 0 Å². The standard InChI is InChI=1S/C16H27NOS/c1-9(2)8-11-12(14(18)16(5,6)7)15(17)19-13(11)10(3)4/h9-10H,8,17H2,1-7H3. The Morgan fingerprint density at radius 3 is 2.11 bits per heavy atom. The SMILES string of the molecule is CC(C)Cc1c(C(C)C)sc(N)c1C(=O)C(C)(C)C. The van der Waals surface area contributed by atoms with Crippen molar-refractivity contribution in [2.24, 2.45) is 11.3 Å². The fourth-order valence-electron chi connectivity index (χ4n) is 2.20. The van der Waals surface area contributed by atoms with Gasteiger partial charge in [0.05, 0.1) is 10.6 Å². The second-order valence-corrected chi connectivity index (χ2v) is 8.10. The third-order valence-corrected chi connectivity index (χ3v) is 4.47. The van der Waals surface area contributed by atoms with Crippen LogP contribution in [0.25, 0.3) is 0 Å².